The number of nitrogens with zero attached hydrogens (tertiary/aromatic N) is 1. The van der Waals surface area contributed by atoms with Crippen LogP contribution in [0.15, 0.2) is 16.6 Å². The number of ether oxygens (including phenoxy) is 2. The van der Waals surface area contributed by atoms with Crippen molar-refractivity contribution < 1.29 is 19.1 Å². The molecular weight excluding hydrogens is 424 g/mol. The average molecular weight is 455 g/mol. The van der Waals surface area contributed by atoms with Gasteiger partial charge in [0.05, 0.1) is 13.1 Å². The van der Waals surface area contributed by atoms with Crippen LogP contribution in [0.5, 0.6) is 0 Å². The van der Waals surface area contributed by atoms with Crippen LogP contribution in [0.2, 0.25) is 0 Å². The summed E-state index contributed by atoms with van der Waals surface area (Å²) in [5.41, 5.74) is 1.24. The lowest BCUT2D eigenvalue weighted by molar-refractivity contribution is -0.0231. The van der Waals surface area contributed by atoms with Crippen LogP contribution in [0.25, 0.3) is 0 Å². The number of benzene rings is 1. The first-order chi connectivity index (χ1) is 12.6. The molecule has 0 atom stereocenters. The van der Waals surface area contributed by atoms with Gasteiger partial charge in [-0.1, -0.05) is 22.0 Å². The lowest BCUT2D eigenvalue weighted by Crippen LogP contribution is -2.69. The van der Waals surface area contributed by atoms with E-state index in [4.69, 9.17) is 9.47 Å². The summed E-state index contributed by atoms with van der Waals surface area (Å²) < 4.78 is 11.9. The van der Waals surface area contributed by atoms with Gasteiger partial charge in [0.25, 0.3) is 0 Å². The molecule has 2 rings (SSSR count). The van der Waals surface area contributed by atoms with Crippen molar-refractivity contribution in [3.8, 4) is 0 Å². The van der Waals surface area contributed by atoms with Crippen molar-refractivity contribution >= 4 is 28.1 Å². The minimum absolute atomic E-state index is 0.322. The number of rotatable bonds is 2. The molecule has 1 aromatic rings. The van der Waals surface area contributed by atoms with Gasteiger partial charge in [-0.05, 0) is 78.1 Å². The molecule has 1 saturated heterocycles. The van der Waals surface area contributed by atoms with E-state index in [0.29, 0.717) is 13.1 Å². The first kappa shape index (κ1) is 22.5. The second-order valence-corrected chi connectivity index (χ2v) is 10.2. The maximum atomic E-state index is 12.5. The Morgan fingerprint density at radius 3 is 2.04 bits per heavy atom. The first-order valence-corrected chi connectivity index (χ1v) is 10.2. The zero-order valence-electron chi connectivity index (χ0n) is 18.0. The number of likely N-dealkylation sites (tertiary alicyclic amines) is 1. The lowest BCUT2D eigenvalue weighted by Gasteiger charge is -2.51. The highest BCUT2D eigenvalue weighted by atomic mass is 79.9. The van der Waals surface area contributed by atoms with Crippen LogP contribution in [0.3, 0.4) is 0 Å². The average Bonchev–Trinajstić information content (AvgIpc) is 2.45. The second-order valence-electron chi connectivity index (χ2n) is 9.39. The van der Waals surface area contributed by atoms with Gasteiger partial charge in [-0.25, -0.2) is 9.59 Å². The van der Waals surface area contributed by atoms with Crippen molar-refractivity contribution in [1.29, 1.82) is 0 Å². The van der Waals surface area contributed by atoms with Crippen molar-refractivity contribution in [2.45, 2.75) is 72.1 Å². The molecule has 0 aliphatic carbocycles. The molecule has 6 nitrogen and oxygen atoms in total. The minimum Gasteiger partial charge on any atom is -0.444 e. The van der Waals surface area contributed by atoms with Crippen LogP contribution in [-0.2, 0) is 15.0 Å². The van der Waals surface area contributed by atoms with E-state index in [-0.39, 0.29) is 6.09 Å². The molecule has 1 aliphatic heterocycles. The molecule has 1 aliphatic rings. The Hall–Kier alpha value is -1.76. The van der Waals surface area contributed by atoms with Gasteiger partial charge in [-0.15, -0.1) is 0 Å². The summed E-state index contributed by atoms with van der Waals surface area (Å²) in [5.74, 6) is 0. The number of halogens is 1. The van der Waals surface area contributed by atoms with Gasteiger partial charge < -0.3 is 19.7 Å². The van der Waals surface area contributed by atoms with E-state index in [1.807, 2.05) is 67.5 Å². The van der Waals surface area contributed by atoms with Crippen LogP contribution in [-0.4, -0.2) is 41.4 Å². The smallest absolute Gasteiger partial charge is 0.410 e. The number of carbonyl (C=O) groups is 2. The number of carbonyl (C=O) groups excluding carboxylic acids is 2. The van der Waals surface area contributed by atoms with Gasteiger partial charge in [0.1, 0.15) is 16.7 Å². The lowest BCUT2D eigenvalue weighted by atomic mass is 9.79. The summed E-state index contributed by atoms with van der Waals surface area (Å²) in [6.07, 6.45) is -0.892. The highest BCUT2D eigenvalue weighted by Gasteiger charge is 2.50. The van der Waals surface area contributed by atoms with E-state index in [0.717, 1.165) is 21.2 Å². The molecule has 156 valence electrons. The summed E-state index contributed by atoms with van der Waals surface area (Å²) in [4.78, 5) is 26.6. The maximum Gasteiger partial charge on any atom is 0.410 e. The van der Waals surface area contributed by atoms with Gasteiger partial charge in [-0.3, -0.25) is 0 Å². The SMILES string of the molecule is Cc1c(Br)ccc(C2(NC(=O)OC(C)(C)C)CN(C(=O)OC(C)(C)C)C2)c1C. The summed E-state index contributed by atoms with van der Waals surface area (Å²) in [6.45, 7) is 15.6. The van der Waals surface area contributed by atoms with Crippen LogP contribution in [0.1, 0.15) is 58.2 Å². The van der Waals surface area contributed by atoms with E-state index in [1.54, 1.807) is 4.90 Å². The third-order valence-corrected chi connectivity index (χ3v) is 5.41. The van der Waals surface area contributed by atoms with Gasteiger partial charge in [-0.2, -0.15) is 0 Å². The normalized spacial score (nSPS) is 16.2. The quantitative estimate of drug-likeness (QED) is 0.679. The van der Waals surface area contributed by atoms with Crippen LogP contribution in [0.4, 0.5) is 9.59 Å². The Kier molecular flexibility index (Phi) is 6.10. The Balaban J connectivity index is 2.31. The second kappa shape index (κ2) is 7.58. The largest absolute Gasteiger partial charge is 0.444 e. The molecule has 1 N–H and O–H groups in total. The van der Waals surface area contributed by atoms with Crippen molar-refractivity contribution in [3.05, 3.63) is 33.3 Å². The molecule has 0 radical (unpaired) electrons. The Morgan fingerprint density at radius 2 is 1.54 bits per heavy atom. The predicted molar refractivity (Wildman–Crippen MR) is 112 cm³/mol. The molecule has 0 unspecified atom stereocenters. The van der Waals surface area contributed by atoms with Crippen molar-refractivity contribution in [2.24, 2.45) is 0 Å². The fraction of sp³-hybridized carbons (Fsp3) is 0.619. The molecule has 1 heterocycles. The Bertz CT molecular complexity index is 772. The van der Waals surface area contributed by atoms with E-state index in [9.17, 15) is 9.59 Å². The van der Waals surface area contributed by atoms with Crippen LogP contribution < -0.4 is 5.32 Å². The molecular formula is C21H31BrN2O4. The van der Waals surface area contributed by atoms with Crippen LogP contribution >= 0.6 is 15.9 Å². The monoisotopic (exact) mass is 454 g/mol. The van der Waals surface area contributed by atoms with E-state index in [1.165, 1.54) is 0 Å². The van der Waals surface area contributed by atoms with E-state index >= 15 is 0 Å². The molecule has 2 amide bonds. The standard InChI is InChI=1S/C21H31BrN2O4/c1-13-14(2)16(22)10-9-15(13)21(23-17(25)27-19(3,4)5)11-24(12-21)18(26)28-20(6,7)8/h9-10H,11-12H2,1-8H3,(H,23,25). The topological polar surface area (TPSA) is 67.9 Å². The summed E-state index contributed by atoms with van der Waals surface area (Å²) >= 11 is 3.55. The summed E-state index contributed by atoms with van der Waals surface area (Å²) in [5, 5.41) is 3.01. The highest BCUT2D eigenvalue weighted by molar-refractivity contribution is 9.10. The molecule has 0 bridgehead atoms. The number of nitrogens with one attached hydrogen (secondary N) is 1. The van der Waals surface area contributed by atoms with Crippen LogP contribution in [0, 0.1) is 13.8 Å². The number of hydrogen-bond donors (Lipinski definition) is 1. The fourth-order valence-corrected chi connectivity index (χ4v) is 3.61. The van der Waals surface area contributed by atoms with E-state index < -0.39 is 22.8 Å². The molecule has 1 fully saturated rings. The third kappa shape index (κ3) is 5.19. The maximum absolute atomic E-state index is 12.5. The zero-order valence-corrected chi connectivity index (χ0v) is 19.6. The first-order valence-electron chi connectivity index (χ1n) is 9.39. The summed E-state index contributed by atoms with van der Waals surface area (Å²) in [7, 11) is 0. The molecule has 0 saturated carbocycles. The van der Waals surface area contributed by atoms with Gasteiger partial charge in [0.15, 0.2) is 0 Å². The van der Waals surface area contributed by atoms with Crippen molar-refractivity contribution in [3.63, 3.8) is 0 Å². The van der Waals surface area contributed by atoms with Gasteiger partial charge in [0.2, 0.25) is 0 Å². The molecule has 0 spiro atoms. The summed E-state index contributed by atoms with van der Waals surface area (Å²) in [6, 6.07) is 3.95. The number of amides is 2. The molecule has 28 heavy (non-hydrogen) atoms. The molecule has 1 aromatic carbocycles. The Labute approximate surface area is 176 Å². The highest BCUT2D eigenvalue weighted by Crippen LogP contribution is 2.37. The molecule has 7 heteroatoms. The third-order valence-electron chi connectivity index (χ3n) is 4.55. The predicted octanol–water partition coefficient (Wildman–Crippen LogP) is 5.04. The van der Waals surface area contributed by atoms with Gasteiger partial charge in [0, 0.05) is 4.47 Å². The Morgan fingerprint density at radius 1 is 1.00 bits per heavy atom. The number of hydrogen-bond acceptors (Lipinski definition) is 4. The van der Waals surface area contributed by atoms with Crippen molar-refractivity contribution in [2.75, 3.05) is 13.1 Å². The van der Waals surface area contributed by atoms with Crippen molar-refractivity contribution in [1.82, 2.24) is 10.2 Å². The molecule has 0 aromatic heterocycles. The van der Waals surface area contributed by atoms with E-state index in [2.05, 4.69) is 21.2 Å². The zero-order chi connectivity index (χ0) is 21.5. The fourth-order valence-electron chi connectivity index (χ4n) is 3.18. The number of alkyl carbamates (subject to hydrolysis) is 1. The minimum atomic E-state index is -0.714. The van der Waals surface area contributed by atoms with Gasteiger partial charge >= 0.3 is 12.2 Å².